The molecule has 0 spiro atoms. The highest BCUT2D eigenvalue weighted by Gasteiger charge is 2.22. The lowest BCUT2D eigenvalue weighted by molar-refractivity contribution is 0.414. The van der Waals surface area contributed by atoms with E-state index in [2.05, 4.69) is 54.4 Å². The van der Waals surface area contributed by atoms with E-state index in [-0.39, 0.29) is 0 Å². The first kappa shape index (κ1) is 17.1. The molecule has 0 amide bonds. The summed E-state index contributed by atoms with van der Waals surface area (Å²) in [4.78, 5) is 17.8. The molecule has 9 heteroatoms. The number of pyridine rings is 2. The average Bonchev–Trinajstić information content (AvgIpc) is 3.16. The van der Waals surface area contributed by atoms with Gasteiger partial charge in [0.25, 0.3) is 0 Å². The number of hydrazine groups is 2. The van der Waals surface area contributed by atoms with Crippen LogP contribution in [-0.4, -0.2) is 27.0 Å². The Morgan fingerprint density at radius 3 is 2.93 bits per heavy atom. The van der Waals surface area contributed by atoms with Crippen LogP contribution in [0.3, 0.4) is 0 Å². The van der Waals surface area contributed by atoms with Crippen molar-refractivity contribution in [2.75, 3.05) is 22.9 Å². The highest BCUT2D eigenvalue weighted by molar-refractivity contribution is 5.79. The molecule has 0 unspecified atom stereocenters. The van der Waals surface area contributed by atoms with Crippen LogP contribution in [-0.2, 0) is 6.54 Å². The van der Waals surface area contributed by atoms with Crippen molar-refractivity contribution >= 4 is 34.2 Å². The quantitative estimate of drug-likeness (QED) is 0.478. The lowest BCUT2D eigenvalue weighted by Gasteiger charge is -2.17. The average molecular weight is 386 g/mol. The molecule has 1 aromatic carbocycles. The van der Waals surface area contributed by atoms with Crippen molar-refractivity contribution in [3.05, 3.63) is 66.6 Å². The second kappa shape index (κ2) is 7.21. The third-order valence-electron chi connectivity index (χ3n) is 4.55. The van der Waals surface area contributed by atoms with Crippen molar-refractivity contribution < 1.29 is 4.74 Å². The zero-order chi connectivity index (χ0) is 19.6. The number of rotatable bonds is 5. The Hall–Kier alpha value is -3.98. The molecule has 5 rings (SSSR count). The highest BCUT2D eigenvalue weighted by Crippen LogP contribution is 2.28. The molecule has 4 aromatic rings. The number of hydrogen-bond acceptors (Lipinski definition) is 9. The Balaban J connectivity index is 1.38. The number of anilines is 4. The van der Waals surface area contributed by atoms with Gasteiger partial charge in [-0.05, 0) is 29.8 Å². The Bertz CT molecular complexity index is 1180. The molecule has 0 atom stereocenters. The number of benzene rings is 1. The van der Waals surface area contributed by atoms with Crippen molar-refractivity contribution in [1.82, 2.24) is 25.5 Å². The number of nitrogens with zero attached hydrogens (tertiary/aromatic N) is 5. The molecule has 144 valence electrons. The minimum Gasteiger partial charge on any atom is -0.497 e. The van der Waals surface area contributed by atoms with Crippen molar-refractivity contribution in [1.29, 1.82) is 0 Å². The number of fused-ring (bicyclic) bond motifs is 2. The third-order valence-corrected chi connectivity index (χ3v) is 4.55. The summed E-state index contributed by atoms with van der Waals surface area (Å²) in [6.07, 6.45) is 5.12. The summed E-state index contributed by atoms with van der Waals surface area (Å²) in [6, 6.07) is 13.8. The van der Waals surface area contributed by atoms with E-state index in [0.717, 1.165) is 16.5 Å². The fourth-order valence-corrected chi connectivity index (χ4v) is 3.15. The lowest BCUT2D eigenvalue weighted by atomic mass is 10.1. The summed E-state index contributed by atoms with van der Waals surface area (Å²) in [5.74, 6) is 3.29. The monoisotopic (exact) mass is 386 g/mol. The maximum Gasteiger partial charge on any atom is 0.191 e. The molecule has 29 heavy (non-hydrogen) atoms. The second-order valence-corrected chi connectivity index (χ2v) is 6.49. The SMILES string of the molecule is COc1ccnc(Nc2cnc3c(n2)N(Cc2ccc4ncccc4c2)NN3)c1. The zero-order valence-corrected chi connectivity index (χ0v) is 15.6. The van der Waals surface area contributed by atoms with Gasteiger partial charge < -0.3 is 10.1 Å². The Labute approximate surface area is 166 Å². The van der Waals surface area contributed by atoms with Gasteiger partial charge in [0.1, 0.15) is 11.6 Å². The Morgan fingerprint density at radius 2 is 2.00 bits per heavy atom. The molecule has 0 saturated heterocycles. The normalized spacial score (nSPS) is 12.5. The van der Waals surface area contributed by atoms with Crippen molar-refractivity contribution in [2.45, 2.75) is 6.54 Å². The van der Waals surface area contributed by atoms with E-state index in [0.29, 0.717) is 35.6 Å². The van der Waals surface area contributed by atoms with Crippen LogP contribution < -0.4 is 26.0 Å². The number of hydrogen-bond donors (Lipinski definition) is 3. The molecule has 0 saturated carbocycles. The summed E-state index contributed by atoms with van der Waals surface area (Å²) in [6.45, 7) is 0.611. The topological polar surface area (TPSA) is 100 Å². The second-order valence-electron chi connectivity index (χ2n) is 6.49. The molecule has 0 radical (unpaired) electrons. The molecule has 3 N–H and O–H groups in total. The van der Waals surface area contributed by atoms with Crippen LogP contribution in [0.1, 0.15) is 5.56 Å². The fraction of sp³-hybridized carbons (Fsp3) is 0.100. The highest BCUT2D eigenvalue weighted by atomic mass is 16.5. The van der Waals surface area contributed by atoms with Crippen molar-refractivity contribution in [3.63, 3.8) is 0 Å². The van der Waals surface area contributed by atoms with E-state index in [9.17, 15) is 0 Å². The molecule has 0 fully saturated rings. The summed E-state index contributed by atoms with van der Waals surface area (Å²) < 4.78 is 5.23. The van der Waals surface area contributed by atoms with Crippen LogP contribution in [0.15, 0.2) is 61.1 Å². The molecule has 0 aliphatic carbocycles. The number of aromatic nitrogens is 4. The molecular weight excluding hydrogens is 368 g/mol. The van der Waals surface area contributed by atoms with E-state index in [1.54, 1.807) is 37.8 Å². The smallest absolute Gasteiger partial charge is 0.191 e. The maximum atomic E-state index is 5.23. The van der Waals surface area contributed by atoms with Gasteiger partial charge in [-0.2, -0.15) is 0 Å². The van der Waals surface area contributed by atoms with Crippen LogP contribution in [0.2, 0.25) is 0 Å². The Morgan fingerprint density at radius 1 is 1.03 bits per heavy atom. The van der Waals surface area contributed by atoms with E-state index < -0.39 is 0 Å². The van der Waals surface area contributed by atoms with Crippen LogP contribution in [0.5, 0.6) is 5.75 Å². The largest absolute Gasteiger partial charge is 0.497 e. The summed E-state index contributed by atoms with van der Waals surface area (Å²) >= 11 is 0. The predicted molar refractivity (Wildman–Crippen MR) is 111 cm³/mol. The van der Waals surface area contributed by atoms with Gasteiger partial charge in [-0.3, -0.25) is 15.4 Å². The van der Waals surface area contributed by atoms with Crippen LogP contribution >= 0.6 is 0 Å². The van der Waals surface area contributed by atoms with Gasteiger partial charge in [0, 0.05) is 23.8 Å². The van der Waals surface area contributed by atoms with Gasteiger partial charge in [0.15, 0.2) is 17.5 Å². The fourth-order valence-electron chi connectivity index (χ4n) is 3.15. The third kappa shape index (κ3) is 3.46. The number of methoxy groups -OCH3 is 1. The first-order chi connectivity index (χ1) is 14.3. The first-order valence-electron chi connectivity index (χ1n) is 9.05. The molecule has 1 aliphatic heterocycles. The molecule has 0 bridgehead atoms. The van der Waals surface area contributed by atoms with Crippen LogP contribution in [0, 0.1) is 0 Å². The van der Waals surface area contributed by atoms with Crippen LogP contribution in [0.25, 0.3) is 10.9 Å². The lowest BCUT2D eigenvalue weighted by Crippen LogP contribution is -2.35. The van der Waals surface area contributed by atoms with Crippen molar-refractivity contribution in [2.24, 2.45) is 0 Å². The number of nitrogens with one attached hydrogen (secondary N) is 3. The molecule has 9 nitrogen and oxygen atoms in total. The maximum absolute atomic E-state index is 5.23. The van der Waals surface area contributed by atoms with E-state index in [1.165, 1.54) is 0 Å². The number of ether oxygens (including phenoxy) is 1. The summed E-state index contributed by atoms with van der Waals surface area (Å²) in [7, 11) is 1.62. The van der Waals surface area contributed by atoms with Crippen molar-refractivity contribution in [3.8, 4) is 5.75 Å². The van der Waals surface area contributed by atoms with Crippen LogP contribution in [0.4, 0.5) is 23.3 Å². The van der Waals surface area contributed by atoms with Gasteiger partial charge in [0.05, 0.1) is 25.4 Å². The van der Waals surface area contributed by atoms with Gasteiger partial charge in [-0.15, -0.1) is 5.53 Å². The molecule has 4 heterocycles. The van der Waals surface area contributed by atoms with Gasteiger partial charge in [0.2, 0.25) is 0 Å². The molecule has 1 aliphatic rings. The van der Waals surface area contributed by atoms with Gasteiger partial charge in [-0.25, -0.2) is 15.0 Å². The minimum atomic E-state index is 0.586. The predicted octanol–water partition coefficient (Wildman–Crippen LogP) is 3.02. The standard InChI is InChI=1S/C20H18N8O/c1-29-15-6-8-22-17(10-15)24-18-11-23-19-20(25-18)28(27-26-19)12-13-4-5-16-14(9-13)3-2-7-21-16/h2-11,27H,12H2,1H3,(H,23,26)(H,22,24,25). The van der Waals surface area contributed by atoms with E-state index >= 15 is 0 Å². The van der Waals surface area contributed by atoms with E-state index in [4.69, 9.17) is 4.74 Å². The zero-order valence-electron chi connectivity index (χ0n) is 15.6. The minimum absolute atomic E-state index is 0.586. The summed E-state index contributed by atoms with van der Waals surface area (Å²) in [5.41, 5.74) is 8.25. The summed E-state index contributed by atoms with van der Waals surface area (Å²) in [5, 5.41) is 6.17. The first-order valence-corrected chi connectivity index (χ1v) is 9.05. The van der Waals surface area contributed by atoms with E-state index in [1.807, 2.05) is 17.1 Å². The van der Waals surface area contributed by atoms with Gasteiger partial charge in [-0.1, -0.05) is 12.1 Å². The Kier molecular flexibility index (Phi) is 4.26. The van der Waals surface area contributed by atoms with Gasteiger partial charge >= 0.3 is 0 Å². The molecular formula is C20H18N8O. The molecule has 3 aromatic heterocycles.